The Morgan fingerprint density at radius 1 is 0.812 bits per heavy atom. The Morgan fingerprint density at radius 2 is 1.56 bits per heavy atom. The third kappa shape index (κ3) is 3.52. The number of hydrogen-bond donors (Lipinski definition) is 0. The molecule has 1 amide bonds. The number of aromatic nitrogens is 1. The first-order chi connectivity index (χ1) is 15.5. The van der Waals surface area contributed by atoms with Gasteiger partial charge in [0.2, 0.25) is 11.7 Å². The number of aryl methyl sites for hydroxylation is 1. The van der Waals surface area contributed by atoms with Crippen molar-refractivity contribution < 1.29 is 9.59 Å². The SMILES string of the molecule is Cc1cccc(N2CCN(C(=O)[C@H]3CCn4c(C(=O)c5ccccc5)ccc43)CC2)c1C. The summed E-state index contributed by atoms with van der Waals surface area (Å²) >= 11 is 0. The number of hydrogen-bond acceptors (Lipinski definition) is 3. The van der Waals surface area contributed by atoms with Gasteiger partial charge in [-0.3, -0.25) is 9.59 Å². The zero-order valence-corrected chi connectivity index (χ0v) is 18.8. The molecular weight excluding hydrogens is 398 g/mol. The third-order valence-electron chi connectivity index (χ3n) is 7.09. The average Bonchev–Trinajstić information content (AvgIpc) is 3.43. The van der Waals surface area contributed by atoms with Gasteiger partial charge in [-0.1, -0.05) is 42.5 Å². The summed E-state index contributed by atoms with van der Waals surface area (Å²) in [6.45, 7) is 8.20. The van der Waals surface area contributed by atoms with Crippen molar-refractivity contribution in [2.45, 2.75) is 32.7 Å². The van der Waals surface area contributed by atoms with Gasteiger partial charge in [-0.2, -0.15) is 0 Å². The average molecular weight is 428 g/mol. The standard InChI is InChI=1S/C27H29N3O2/c1-19-7-6-10-23(20(19)2)28-15-17-29(18-16-28)27(32)22-13-14-30-24(22)11-12-25(30)26(31)21-8-4-3-5-9-21/h3-12,22H,13-18H2,1-2H3/t22-/m0/s1. The lowest BCUT2D eigenvalue weighted by Crippen LogP contribution is -2.50. The van der Waals surface area contributed by atoms with Crippen molar-refractivity contribution in [3.63, 3.8) is 0 Å². The molecule has 164 valence electrons. The lowest BCUT2D eigenvalue weighted by atomic mass is 10.0. The second-order valence-electron chi connectivity index (χ2n) is 8.86. The lowest BCUT2D eigenvalue weighted by Gasteiger charge is -2.38. The van der Waals surface area contributed by atoms with E-state index in [0.29, 0.717) is 11.3 Å². The van der Waals surface area contributed by atoms with E-state index >= 15 is 0 Å². The van der Waals surface area contributed by atoms with E-state index in [1.807, 2.05) is 51.9 Å². The van der Waals surface area contributed by atoms with Gasteiger partial charge in [0.25, 0.3) is 0 Å². The fourth-order valence-electron chi connectivity index (χ4n) is 5.10. The minimum Gasteiger partial charge on any atom is -0.368 e. The van der Waals surface area contributed by atoms with Gasteiger partial charge in [0.05, 0.1) is 11.6 Å². The summed E-state index contributed by atoms with van der Waals surface area (Å²) in [7, 11) is 0. The second kappa shape index (κ2) is 8.30. The van der Waals surface area contributed by atoms with Crippen LogP contribution >= 0.6 is 0 Å². The number of carbonyl (C=O) groups excluding carboxylic acids is 2. The van der Waals surface area contributed by atoms with E-state index in [1.54, 1.807) is 0 Å². The fourth-order valence-corrected chi connectivity index (χ4v) is 5.10. The smallest absolute Gasteiger partial charge is 0.231 e. The van der Waals surface area contributed by atoms with Crippen molar-refractivity contribution in [1.82, 2.24) is 9.47 Å². The van der Waals surface area contributed by atoms with Crippen LogP contribution in [0.25, 0.3) is 0 Å². The molecule has 0 spiro atoms. The molecule has 0 saturated carbocycles. The van der Waals surface area contributed by atoms with E-state index in [1.165, 1.54) is 16.8 Å². The van der Waals surface area contributed by atoms with Crippen molar-refractivity contribution in [3.05, 3.63) is 88.7 Å². The number of rotatable bonds is 4. The largest absolute Gasteiger partial charge is 0.368 e. The maximum Gasteiger partial charge on any atom is 0.231 e. The number of nitrogens with zero attached hydrogens (tertiary/aromatic N) is 3. The van der Waals surface area contributed by atoms with E-state index in [0.717, 1.165) is 44.8 Å². The van der Waals surface area contributed by atoms with Gasteiger partial charge >= 0.3 is 0 Å². The maximum atomic E-state index is 13.4. The van der Waals surface area contributed by atoms with Gasteiger partial charge in [0.15, 0.2) is 0 Å². The third-order valence-corrected chi connectivity index (χ3v) is 7.09. The topological polar surface area (TPSA) is 45.5 Å². The molecule has 2 aliphatic heterocycles. The van der Waals surface area contributed by atoms with Gasteiger partial charge < -0.3 is 14.4 Å². The number of amides is 1. The Bertz CT molecular complexity index is 1160. The van der Waals surface area contributed by atoms with Crippen molar-refractivity contribution in [2.24, 2.45) is 0 Å². The van der Waals surface area contributed by atoms with Crippen LogP contribution in [-0.2, 0) is 11.3 Å². The molecule has 0 N–H and O–H groups in total. The predicted octanol–water partition coefficient (Wildman–Crippen LogP) is 4.17. The molecule has 32 heavy (non-hydrogen) atoms. The van der Waals surface area contributed by atoms with E-state index in [9.17, 15) is 9.59 Å². The van der Waals surface area contributed by atoms with Crippen LogP contribution in [0.3, 0.4) is 0 Å². The maximum absolute atomic E-state index is 13.4. The summed E-state index contributed by atoms with van der Waals surface area (Å²) in [6.07, 6.45) is 0.765. The Kier molecular flexibility index (Phi) is 5.33. The zero-order chi connectivity index (χ0) is 22.2. The van der Waals surface area contributed by atoms with E-state index in [2.05, 4.69) is 36.9 Å². The molecule has 1 fully saturated rings. The molecule has 0 aliphatic carbocycles. The van der Waals surface area contributed by atoms with Crippen molar-refractivity contribution in [1.29, 1.82) is 0 Å². The van der Waals surface area contributed by atoms with Crippen LogP contribution in [0, 0.1) is 13.8 Å². The number of piperazine rings is 1. The number of benzene rings is 2. The Labute approximate surface area is 189 Å². The second-order valence-corrected chi connectivity index (χ2v) is 8.86. The van der Waals surface area contributed by atoms with Gasteiger partial charge in [-0.15, -0.1) is 0 Å². The number of ketones is 1. The first-order valence-electron chi connectivity index (χ1n) is 11.4. The molecule has 5 heteroatoms. The summed E-state index contributed by atoms with van der Waals surface area (Å²) in [4.78, 5) is 30.7. The first-order valence-corrected chi connectivity index (χ1v) is 11.4. The molecule has 2 aromatic carbocycles. The molecule has 0 bridgehead atoms. The number of fused-ring (bicyclic) bond motifs is 1. The normalized spacial score (nSPS) is 18.0. The zero-order valence-electron chi connectivity index (χ0n) is 18.8. The summed E-state index contributed by atoms with van der Waals surface area (Å²) < 4.78 is 2.05. The van der Waals surface area contributed by atoms with Crippen LogP contribution in [0.15, 0.2) is 60.7 Å². The highest BCUT2D eigenvalue weighted by Crippen LogP contribution is 2.33. The summed E-state index contributed by atoms with van der Waals surface area (Å²) in [5.74, 6) is 0.0628. The number of carbonyl (C=O) groups is 2. The Hall–Kier alpha value is -3.34. The highest BCUT2D eigenvalue weighted by molar-refractivity contribution is 6.08. The number of anilines is 1. The Balaban J connectivity index is 1.28. The molecule has 1 atom stereocenters. The van der Waals surface area contributed by atoms with Crippen LogP contribution in [0.2, 0.25) is 0 Å². The monoisotopic (exact) mass is 427 g/mol. The van der Waals surface area contributed by atoms with Crippen LogP contribution in [0.4, 0.5) is 5.69 Å². The summed E-state index contributed by atoms with van der Waals surface area (Å²) in [5, 5.41) is 0. The molecule has 2 aliphatic rings. The van der Waals surface area contributed by atoms with Crippen LogP contribution < -0.4 is 4.90 Å². The Morgan fingerprint density at radius 3 is 2.31 bits per heavy atom. The van der Waals surface area contributed by atoms with Crippen LogP contribution in [0.1, 0.15) is 45.2 Å². The van der Waals surface area contributed by atoms with Gasteiger partial charge in [-0.25, -0.2) is 0 Å². The van der Waals surface area contributed by atoms with Crippen molar-refractivity contribution in [2.75, 3.05) is 31.1 Å². The van der Waals surface area contributed by atoms with Crippen LogP contribution in [-0.4, -0.2) is 47.3 Å². The summed E-state index contributed by atoms with van der Waals surface area (Å²) in [6, 6.07) is 19.6. The fraction of sp³-hybridized carbons (Fsp3) is 0.333. The molecule has 0 radical (unpaired) electrons. The highest BCUT2D eigenvalue weighted by atomic mass is 16.2. The van der Waals surface area contributed by atoms with E-state index < -0.39 is 0 Å². The molecular formula is C27H29N3O2. The van der Waals surface area contributed by atoms with E-state index in [-0.39, 0.29) is 17.6 Å². The molecule has 5 rings (SSSR count). The van der Waals surface area contributed by atoms with Crippen LogP contribution in [0.5, 0.6) is 0 Å². The minimum atomic E-state index is -0.153. The first kappa shape index (κ1) is 20.6. The quantitative estimate of drug-likeness (QED) is 0.587. The molecule has 1 saturated heterocycles. The van der Waals surface area contributed by atoms with Gasteiger partial charge in [-0.05, 0) is 49.6 Å². The highest BCUT2D eigenvalue weighted by Gasteiger charge is 2.35. The van der Waals surface area contributed by atoms with Gasteiger partial charge in [0.1, 0.15) is 0 Å². The van der Waals surface area contributed by atoms with Crippen molar-refractivity contribution >= 4 is 17.4 Å². The molecule has 3 heterocycles. The molecule has 0 unspecified atom stereocenters. The van der Waals surface area contributed by atoms with E-state index in [4.69, 9.17) is 0 Å². The molecule has 3 aromatic rings. The molecule has 5 nitrogen and oxygen atoms in total. The van der Waals surface area contributed by atoms with Crippen molar-refractivity contribution in [3.8, 4) is 0 Å². The molecule has 1 aromatic heterocycles. The minimum absolute atomic E-state index is 0.0205. The lowest BCUT2D eigenvalue weighted by molar-refractivity contribution is -0.133. The summed E-state index contributed by atoms with van der Waals surface area (Å²) in [5.41, 5.74) is 6.24. The van der Waals surface area contributed by atoms with Gasteiger partial charge in [0, 0.05) is 49.7 Å². The predicted molar refractivity (Wildman–Crippen MR) is 126 cm³/mol.